The van der Waals surface area contributed by atoms with E-state index in [-0.39, 0.29) is 33.7 Å². The van der Waals surface area contributed by atoms with Gasteiger partial charge in [0.25, 0.3) is 5.91 Å². The van der Waals surface area contributed by atoms with Crippen LogP contribution in [0.2, 0.25) is 5.02 Å². The van der Waals surface area contributed by atoms with E-state index in [1.165, 1.54) is 12.1 Å². The lowest BCUT2D eigenvalue weighted by Gasteiger charge is -2.16. The highest BCUT2D eigenvalue weighted by Gasteiger charge is 2.25. The van der Waals surface area contributed by atoms with Crippen molar-refractivity contribution in [3.63, 3.8) is 0 Å². The number of aryl methyl sites for hydroxylation is 1. The van der Waals surface area contributed by atoms with Crippen LogP contribution in [0.15, 0.2) is 53.1 Å². The molecule has 0 aliphatic rings. The van der Waals surface area contributed by atoms with Crippen molar-refractivity contribution >= 4 is 17.5 Å². The third-order valence-electron chi connectivity index (χ3n) is 4.56. The van der Waals surface area contributed by atoms with Gasteiger partial charge < -0.3 is 9.84 Å². The number of amides is 1. The Morgan fingerprint density at radius 2 is 1.96 bits per heavy atom. The second-order valence-electron chi connectivity index (χ2n) is 6.28. The van der Waals surface area contributed by atoms with E-state index in [2.05, 4.69) is 17.4 Å². The number of halogens is 2. The quantitative estimate of drug-likeness (QED) is 0.619. The molecule has 27 heavy (non-hydrogen) atoms. The number of rotatable bonds is 6. The molecule has 6 heteroatoms. The maximum Gasteiger partial charge on any atom is 0.257 e. The summed E-state index contributed by atoms with van der Waals surface area (Å²) in [6.07, 6.45) is 0.874. The van der Waals surface area contributed by atoms with Gasteiger partial charge in [-0.05, 0) is 31.0 Å². The van der Waals surface area contributed by atoms with Crippen molar-refractivity contribution in [3.05, 3.63) is 76.3 Å². The molecule has 3 rings (SSSR count). The lowest BCUT2D eigenvalue weighted by Crippen LogP contribution is -2.29. The van der Waals surface area contributed by atoms with E-state index in [0.29, 0.717) is 12.3 Å². The Kier molecular flexibility index (Phi) is 5.91. The van der Waals surface area contributed by atoms with Crippen LogP contribution < -0.4 is 5.32 Å². The largest absolute Gasteiger partial charge is 0.360 e. The average molecular weight is 387 g/mol. The predicted molar refractivity (Wildman–Crippen MR) is 103 cm³/mol. The zero-order valence-corrected chi connectivity index (χ0v) is 15.9. The van der Waals surface area contributed by atoms with Crippen LogP contribution in [0.3, 0.4) is 0 Å². The smallest absolute Gasteiger partial charge is 0.257 e. The topological polar surface area (TPSA) is 55.1 Å². The highest BCUT2D eigenvalue weighted by atomic mass is 35.5. The van der Waals surface area contributed by atoms with E-state index in [0.717, 1.165) is 12.0 Å². The Balaban J connectivity index is 1.85. The van der Waals surface area contributed by atoms with Gasteiger partial charge in [-0.25, -0.2) is 4.39 Å². The predicted octanol–water partition coefficient (Wildman–Crippen LogP) is 5.37. The van der Waals surface area contributed by atoms with E-state index < -0.39 is 5.82 Å². The second-order valence-corrected chi connectivity index (χ2v) is 6.69. The van der Waals surface area contributed by atoms with Crippen LogP contribution >= 0.6 is 11.6 Å². The summed E-state index contributed by atoms with van der Waals surface area (Å²) in [5.74, 6) is -0.427. The molecule has 0 saturated carbocycles. The molecule has 1 unspecified atom stereocenters. The number of nitrogens with one attached hydrogen (secondary N) is 1. The molecule has 0 fully saturated rings. The second kappa shape index (κ2) is 8.35. The van der Waals surface area contributed by atoms with Crippen LogP contribution in [0.1, 0.15) is 40.9 Å². The molecule has 1 heterocycles. The minimum absolute atomic E-state index is 0.0660. The molecule has 140 valence electrons. The third kappa shape index (κ3) is 4.03. The standard InChI is InChI=1S/C21H20ClFN2O2/c1-3-14(15-8-5-4-6-9-15)12-24-21(26)18-13(2)27-25-20(18)19-16(22)10-7-11-17(19)23/h4-11,14H,3,12H2,1-2H3,(H,24,26). The van der Waals surface area contributed by atoms with Crippen LogP contribution in [0.5, 0.6) is 0 Å². The van der Waals surface area contributed by atoms with Gasteiger partial charge in [-0.1, -0.05) is 60.1 Å². The van der Waals surface area contributed by atoms with Gasteiger partial charge >= 0.3 is 0 Å². The van der Waals surface area contributed by atoms with Crippen molar-refractivity contribution in [2.45, 2.75) is 26.2 Å². The Bertz CT molecular complexity index is 920. The summed E-state index contributed by atoms with van der Waals surface area (Å²) in [7, 11) is 0. The van der Waals surface area contributed by atoms with Gasteiger partial charge in [-0.15, -0.1) is 0 Å². The minimum Gasteiger partial charge on any atom is -0.360 e. The summed E-state index contributed by atoms with van der Waals surface area (Å²) in [5, 5.41) is 6.97. The average Bonchev–Trinajstić information content (AvgIpc) is 3.04. The zero-order chi connectivity index (χ0) is 19.4. The molecular weight excluding hydrogens is 367 g/mol. The van der Waals surface area contributed by atoms with Crippen molar-refractivity contribution in [1.82, 2.24) is 10.5 Å². The van der Waals surface area contributed by atoms with E-state index in [4.69, 9.17) is 16.1 Å². The summed E-state index contributed by atoms with van der Waals surface area (Å²) in [6.45, 7) is 4.14. The van der Waals surface area contributed by atoms with Gasteiger partial charge in [0.05, 0.1) is 10.6 Å². The molecule has 1 N–H and O–H groups in total. The van der Waals surface area contributed by atoms with Gasteiger partial charge in [0.15, 0.2) is 0 Å². The summed E-state index contributed by atoms with van der Waals surface area (Å²) >= 11 is 6.13. The van der Waals surface area contributed by atoms with Crippen LogP contribution in [0.25, 0.3) is 11.3 Å². The van der Waals surface area contributed by atoms with E-state index in [1.54, 1.807) is 13.0 Å². The van der Waals surface area contributed by atoms with Gasteiger partial charge in [-0.2, -0.15) is 0 Å². The van der Waals surface area contributed by atoms with Crippen molar-refractivity contribution in [2.75, 3.05) is 6.54 Å². The maximum absolute atomic E-state index is 14.3. The van der Waals surface area contributed by atoms with Gasteiger partial charge in [-0.3, -0.25) is 4.79 Å². The fourth-order valence-electron chi connectivity index (χ4n) is 3.06. The van der Waals surface area contributed by atoms with Crippen molar-refractivity contribution in [2.24, 2.45) is 0 Å². The first-order valence-electron chi connectivity index (χ1n) is 8.76. The van der Waals surface area contributed by atoms with E-state index >= 15 is 0 Å². The van der Waals surface area contributed by atoms with E-state index in [1.807, 2.05) is 30.3 Å². The number of nitrogens with zero attached hydrogens (tertiary/aromatic N) is 1. The lowest BCUT2D eigenvalue weighted by molar-refractivity contribution is 0.0950. The first kappa shape index (κ1) is 19.1. The molecular formula is C21H20ClFN2O2. The number of hydrogen-bond donors (Lipinski definition) is 1. The lowest BCUT2D eigenvalue weighted by atomic mass is 9.96. The van der Waals surface area contributed by atoms with Crippen LogP contribution in [0, 0.1) is 12.7 Å². The van der Waals surface area contributed by atoms with Gasteiger partial charge in [0.1, 0.15) is 22.8 Å². The zero-order valence-electron chi connectivity index (χ0n) is 15.1. The van der Waals surface area contributed by atoms with E-state index in [9.17, 15) is 9.18 Å². The maximum atomic E-state index is 14.3. The Morgan fingerprint density at radius 1 is 1.22 bits per heavy atom. The highest BCUT2D eigenvalue weighted by Crippen LogP contribution is 2.33. The Hall–Kier alpha value is -2.66. The first-order valence-corrected chi connectivity index (χ1v) is 9.14. The molecule has 0 aliphatic carbocycles. The number of carbonyl (C=O) groups is 1. The number of hydrogen-bond acceptors (Lipinski definition) is 3. The van der Waals surface area contributed by atoms with Gasteiger partial charge in [0.2, 0.25) is 0 Å². The molecule has 1 atom stereocenters. The summed E-state index contributed by atoms with van der Waals surface area (Å²) in [5.41, 5.74) is 1.53. The third-order valence-corrected chi connectivity index (χ3v) is 4.88. The molecule has 2 aromatic carbocycles. The SMILES string of the molecule is CCC(CNC(=O)c1c(-c2c(F)cccc2Cl)noc1C)c1ccccc1. The van der Waals surface area contributed by atoms with Crippen molar-refractivity contribution in [3.8, 4) is 11.3 Å². The minimum atomic E-state index is -0.555. The molecule has 4 nitrogen and oxygen atoms in total. The highest BCUT2D eigenvalue weighted by molar-refractivity contribution is 6.33. The van der Waals surface area contributed by atoms with Crippen LogP contribution in [-0.4, -0.2) is 17.6 Å². The first-order chi connectivity index (χ1) is 13.0. The number of aromatic nitrogens is 1. The monoisotopic (exact) mass is 386 g/mol. The molecule has 0 bridgehead atoms. The summed E-state index contributed by atoms with van der Waals surface area (Å²) < 4.78 is 19.4. The molecule has 1 aromatic heterocycles. The van der Waals surface area contributed by atoms with Crippen LogP contribution in [0.4, 0.5) is 4.39 Å². The van der Waals surface area contributed by atoms with Crippen molar-refractivity contribution in [1.29, 1.82) is 0 Å². The summed E-state index contributed by atoms with van der Waals surface area (Å²) in [6, 6.07) is 14.3. The number of carbonyl (C=O) groups excluding carboxylic acids is 1. The van der Waals surface area contributed by atoms with Gasteiger partial charge in [0, 0.05) is 12.5 Å². The summed E-state index contributed by atoms with van der Waals surface area (Å²) in [4.78, 5) is 12.8. The molecule has 0 saturated heterocycles. The molecule has 0 spiro atoms. The molecule has 0 aliphatic heterocycles. The van der Waals surface area contributed by atoms with Crippen molar-refractivity contribution < 1.29 is 13.7 Å². The molecule has 3 aromatic rings. The number of benzene rings is 2. The fourth-order valence-corrected chi connectivity index (χ4v) is 3.31. The fraction of sp³-hybridized carbons (Fsp3) is 0.238. The molecule has 0 radical (unpaired) electrons. The molecule has 1 amide bonds. The normalized spacial score (nSPS) is 12.0. The Labute approximate surface area is 162 Å². The Morgan fingerprint density at radius 3 is 2.63 bits per heavy atom. The van der Waals surface area contributed by atoms with Crippen LogP contribution in [-0.2, 0) is 0 Å².